The van der Waals surface area contributed by atoms with Gasteiger partial charge in [0, 0.05) is 19.3 Å². The molecule has 118 valence electrons. The second-order valence-electron chi connectivity index (χ2n) is 4.51. The first-order valence-corrected chi connectivity index (χ1v) is 6.95. The van der Waals surface area contributed by atoms with Crippen molar-refractivity contribution in [1.82, 2.24) is 0 Å². The van der Waals surface area contributed by atoms with E-state index in [1.54, 1.807) is 14.0 Å². The lowest BCUT2D eigenvalue weighted by Crippen LogP contribution is -2.29. The normalized spacial score (nSPS) is 12.1. The lowest BCUT2D eigenvalue weighted by atomic mass is 10.2. The lowest BCUT2D eigenvalue weighted by Gasteiger charge is -2.14. The molecule has 0 spiro atoms. The Morgan fingerprint density at radius 3 is 2.76 bits per heavy atom. The van der Waals surface area contributed by atoms with Gasteiger partial charge in [-0.1, -0.05) is 12.1 Å². The first-order valence-electron chi connectivity index (χ1n) is 6.95. The van der Waals surface area contributed by atoms with Gasteiger partial charge < -0.3 is 25.3 Å². The van der Waals surface area contributed by atoms with Crippen LogP contribution in [0.4, 0.5) is 5.69 Å². The van der Waals surface area contributed by atoms with Gasteiger partial charge in [-0.2, -0.15) is 0 Å². The molecule has 1 unspecified atom stereocenters. The van der Waals surface area contributed by atoms with Crippen LogP contribution in [-0.2, 0) is 25.5 Å². The number of ether oxygens (including phenoxy) is 3. The molecular weight excluding hydrogens is 272 g/mol. The molecule has 0 aliphatic rings. The van der Waals surface area contributed by atoms with E-state index in [2.05, 4.69) is 5.32 Å². The predicted molar refractivity (Wildman–Crippen MR) is 81.1 cm³/mol. The van der Waals surface area contributed by atoms with E-state index in [0.717, 1.165) is 11.3 Å². The van der Waals surface area contributed by atoms with Crippen LogP contribution < -0.4 is 11.1 Å². The molecule has 1 atom stereocenters. The van der Waals surface area contributed by atoms with Gasteiger partial charge in [0.25, 0.3) is 5.91 Å². The summed E-state index contributed by atoms with van der Waals surface area (Å²) in [4.78, 5) is 12.0. The van der Waals surface area contributed by atoms with Crippen LogP contribution in [0.5, 0.6) is 0 Å². The van der Waals surface area contributed by atoms with Gasteiger partial charge in [0.1, 0.15) is 6.10 Å². The van der Waals surface area contributed by atoms with E-state index in [1.807, 2.05) is 24.3 Å². The molecule has 1 aromatic carbocycles. The van der Waals surface area contributed by atoms with Crippen LogP contribution in [-0.4, -0.2) is 45.5 Å². The Morgan fingerprint density at radius 2 is 2.05 bits per heavy atom. The van der Waals surface area contributed by atoms with Crippen LogP contribution >= 0.6 is 0 Å². The summed E-state index contributed by atoms with van der Waals surface area (Å²) >= 11 is 0. The number of carbonyl (C=O) groups excluding carboxylic acids is 1. The number of benzene rings is 1. The minimum absolute atomic E-state index is 0.193. The second-order valence-corrected chi connectivity index (χ2v) is 4.51. The Balaban J connectivity index is 2.27. The average Bonchev–Trinajstić information content (AvgIpc) is 2.50. The molecule has 0 fully saturated rings. The number of hydrogen-bond acceptors (Lipinski definition) is 5. The highest BCUT2D eigenvalue weighted by Gasteiger charge is 2.13. The van der Waals surface area contributed by atoms with Crippen molar-refractivity contribution < 1.29 is 19.0 Å². The summed E-state index contributed by atoms with van der Waals surface area (Å²) in [6.07, 6.45) is -0.544. The number of nitrogens with one attached hydrogen (secondary N) is 1. The molecule has 0 aliphatic heterocycles. The molecule has 3 N–H and O–H groups in total. The van der Waals surface area contributed by atoms with Crippen molar-refractivity contribution in [2.75, 3.05) is 38.9 Å². The van der Waals surface area contributed by atoms with Crippen LogP contribution in [0.1, 0.15) is 12.5 Å². The molecule has 0 aromatic heterocycles. The number of hydrogen-bond donors (Lipinski definition) is 2. The van der Waals surface area contributed by atoms with Crippen LogP contribution in [0.15, 0.2) is 24.3 Å². The number of anilines is 1. The molecule has 0 bridgehead atoms. The summed E-state index contributed by atoms with van der Waals surface area (Å²) in [7, 11) is 1.62. The van der Waals surface area contributed by atoms with E-state index >= 15 is 0 Å². The van der Waals surface area contributed by atoms with E-state index in [1.165, 1.54) is 0 Å². The first-order chi connectivity index (χ1) is 10.2. The monoisotopic (exact) mass is 296 g/mol. The van der Waals surface area contributed by atoms with E-state index in [4.69, 9.17) is 19.9 Å². The third-order valence-electron chi connectivity index (χ3n) is 2.83. The number of methoxy groups -OCH3 is 1. The average molecular weight is 296 g/mol. The molecule has 6 nitrogen and oxygen atoms in total. The minimum Gasteiger partial charge on any atom is -0.382 e. The molecule has 1 aromatic rings. The van der Waals surface area contributed by atoms with Crippen molar-refractivity contribution in [2.45, 2.75) is 19.6 Å². The van der Waals surface area contributed by atoms with Crippen LogP contribution in [0, 0.1) is 0 Å². The van der Waals surface area contributed by atoms with E-state index in [9.17, 15) is 4.79 Å². The molecule has 0 aliphatic carbocycles. The molecular formula is C15H24N2O4. The Kier molecular flexibility index (Phi) is 8.61. The van der Waals surface area contributed by atoms with Crippen molar-refractivity contribution in [1.29, 1.82) is 0 Å². The van der Waals surface area contributed by atoms with Crippen molar-refractivity contribution >= 4 is 11.6 Å². The molecule has 21 heavy (non-hydrogen) atoms. The van der Waals surface area contributed by atoms with Gasteiger partial charge in [0.2, 0.25) is 0 Å². The number of carbonyl (C=O) groups is 1. The van der Waals surface area contributed by atoms with E-state index in [0.29, 0.717) is 33.0 Å². The van der Waals surface area contributed by atoms with Gasteiger partial charge in [-0.25, -0.2) is 0 Å². The number of rotatable bonds is 10. The van der Waals surface area contributed by atoms with Gasteiger partial charge in [0.15, 0.2) is 0 Å². The van der Waals surface area contributed by atoms with Gasteiger partial charge in [-0.3, -0.25) is 4.79 Å². The van der Waals surface area contributed by atoms with Crippen molar-refractivity contribution in [3.8, 4) is 0 Å². The fraction of sp³-hybridized carbons (Fsp3) is 0.533. The molecule has 0 saturated heterocycles. The Morgan fingerprint density at radius 1 is 1.29 bits per heavy atom. The fourth-order valence-electron chi connectivity index (χ4n) is 1.62. The topological polar surface area (TPSA) is 82.8 Å². The molecule has 1 rings (SSSR count). The van der Waals surface area contributed by atoms with Crippen molar-refractivity contribution in [3.05, 3.63) is 29.8 Å². The van der Waals surface area contributed by atoms with E-state index < -0.39 is 6.10 Å². The van der Waals surface area contributed by atoms with E-state index in [-0.39, 0.29) is 5.91 Å². The van der Waals surface area contributed by atoms with Gasteiger partial charge >= 0.3 is 0 Å². The van der Waals surface area contributed by atoms with Gasteiger partial charge in [-0.15, -0.1) is 0 Å². The highest BCUT2D eigenvalue weighted by atomic mass is 16.5. The SMILES string of the molecule is COCCOCCOC(C)C(=O)Nc1cccc(CN)c1. The summed E-state index contributed by atoms with van der Waals surface area (Å²) in [6.45, 7) is 4.01. The summed E-state index contributed by atoms with van der Waals surface area (Å²) in [5.74, 6) is -0.193. The third kappa shape index (κ3) is 7.19. The Bertz CT molecular complexity index is 426. The van der Waals surface area contributed by atoms with Crippen molar-refractivity contribution in [2.24, 2.45) is 5.73 Å². The first kappa shape index (κ1) is 17.6. The molecule has 6 heteroatoms. The maximum absolute atomic E-state index is 12.0. The highest BCUT2D eigenvalue weighted by Crippen LogP contribution is 2.10. The Hall–Kier alpha value is -1.47. The number of nitrogens with two attached hydrogens (primary N) is 1. The summed E-state index contributed by atoms with van der Waals surface area (Å²) in [6, 6.07) is 7.43. The zero-order valence-corrected chi connectivity index (χ0v) is 12.6. The summed E-state index contributed by atoms with van der Waals surface area (Å²) < 4.78 is 15.5. The lowest BCUT2D eigenvalue weighted by molar-refractivity contribution is -0.127. The summed E-state index contributed by atoms with van der Waals surface area (Å²) in [5.41, 5.74) is 7.25. The van der Waals surface area contributed by atoms with Crippen LogP contribution in [0.25, 0.3) is 0 Å². The maximum atomic E-state index is 12.0. The quantitative estimate of drug-likeness (QED) is 0.633. The zero-order valence-electron chi connectivity index (χ0n) is 12.6. The second kappa shape index (κ2) is 10.3. The fourth-order valence-corrected chi connectivity index (χ4v) is 1.62. The van der Waals surface area contributed by atoms with Crippen LogP contribution in [0.2, 0.25) is 0 Å². The highest BCUT2D eigenvalue weighted by molar-refractivity contribution is 5.93. The van der Waals surface area contributed by atoms with Crippen LogP contribution in [0.3, 0.4) is 0 Å². The largest absolute Gasteiger partial charge is 0.382 e. The Labute approximate surface area is 125 Å². The molecule has 0 heterocycles. The molecule has 0 radical (unpaired) electrons. The number of amides is 1. The standard InChI is InChI=1S/C15H24N2O4/c1-12(21-9-8-20-7-6-19-2)15(18)17-14-5-3-4-13(10-14)11-16/h3-5,10,12H,6-9,11,16H2,1-2H3,(H,17,18). The maximum Gasteiger partial charge on any atom is 0.253 e. The van der Waals surface area contributed by atoms with Crippen molar-refractivity contribution in [3.63, 3.8) is 0 Å². The predicted octanol–water partition coefficient (Wildman–Crippen LogP) is 1.15. The minimum atomic E-state index is -0.544. The molecule has 1 amide bonds. The third-order valence-corrected chi connectivity index (χ3v) is 2.83. The molecule has 0 saturated carbocycles. The summed E-state index contributed by atoms with van der Waals surface area (Å²) in [5, 5.41) is 2.80. The zero-order chi connectivity index (χ0) is 15.5. The smallest absolute Gasteiger partial charge is 0.253 e. The van der Waals surface area contributed by atoms with Gasteiger partial charge in [-0.05, 0) is 24.6 Å². The van der Waals surface area contributed by atoms with Gasteiger partial charge in [0.05, 0.1) is 26.4 Å².